The van der Waals surface area contributed by atoms with Gasteiger partial charge in [-0.1, -0.05) is 100 Å². The van der Waals surface area contributed by atoms with Crippen LogP contribution in [0.15, 0.2) is 65.3 Å². The minimum atomic E-state index is -2.24. The summed E-state index contributed by atoms with van der Waals surface area (Å²) in [6.45, 7) is 17.9. The van der Waals surface area contributed by atoms with E-state index in [9.17, 15) is 9.90 Å². The van der Waals surface area contributed by atoms with Gasteiger partial charge in [-0.2, -0.15) is 0 Å². The molecule has 0 radical (unpaired) electrons. The van der Waals surface area contributed by atoms with Crippen molar-refractivity contribution in [3.8, 4) is 0 Å². The number of anilines is 1. The zero-order valence-corrected chi connectivity index (χ0v) is 23.1. The second kappa shape index (κ2) is 9.77. The number of nitrogens with zero attached hydrogens (tertiary/aromatic N) is 1. The van der Waals surface area contributed by atoms with Gasteiger partial charge in [-0.05, 0) is 34.3 Å². The maximum absolute atomic E-state index is 13.7. The number of fused-ring (bicyclic) bond motifs is 1. The number of carbonyl (C=O) groups is 1. The Hall–Kier alpha value is -1.89. The predicted octanol–water partition coefficient (Wildman–Crippen LogP) is 7.28. The lowest BCUT2D eigenvalue weighted by molar-refractivity contribution is -0.136. The zero-order chi connectivity index (χ0) is 24.6. The second-order valence-corrected chi connectivity index (χ2v) is 16.3. The van der Waals surface area contributed by atoms with Crippen LogP contribution in [0.3, 0.4) is 0 Å². The molecule has 33 heavy (non-hydrogen) atoms. The van der Waals surface area contributed by atoms with Crippen molar-refractivity contribution in [2.45, 2.75) is 76.7 Å². The van der Waals surface area contributed by atoms with Crippen LogP contribution in [0.4, 0.5) is 5.69 Å². The first-order valence-corrected chi connectivity index (χ1v) is 14.6. The van der Waals surface area contributed by atoms with Gasteiger partial charge in [0.1, 0.15) is 0 Å². The number of aliphatic hydroxyl groups is 1. The molecule has 178 valence electrons. The van der Waals surface area contributed by atoms with E-state index >= 15 is 0 Å². The molecule has 1 heterocycles. The van der Waals surface area contributed by atoms with E-state index in [1.807, 2.05) is 48.5 Å². The lowest BCUT2D eigenvalue weighted by Gasteiger charge is -2.43. The first-order chi connectivity index (χ1) is 15.4. The minimum Gasteiger partial charge on any atom is -0.546 e. The standard InChI is InChI=1S/C27H36BrNO3Si/c1-18(2)33(19(3)4,20(5)6)32-21(7)16-27(31)24-14-13-23(28)15-25(24)29(26(27)30)17-22-11-9-8-10-12-22/h8-15,18-20,31H,7,16-17H2,1-6H3/t27-/m1/s1. The summed E-state index contributed by atoms with van der Waals surface area (Å²) in [4.78, 5) is 15.3. The Balaban J connectivity index is 1.95. The average molecular weight is 531 g/mol. The molecule has 1 atom stereocenters. The Morgan fingerprint density at radius 3 is 2.18 bits per heavy atom. The molecular weight excluding hydrogens is 494 g/mol. The Bertz CT molecular complexity index is 1000. The quantitative estimate of drug-likeness (QED) is 0.274. The molecule has 1 aliphatic heterocycles. The smallest absolute Gasteiger partial charge is 0.264 e. The molecule has 0 spiro atoms. The van der Waals surface area contributed by atoms with E-state index < -0.39 is 13.9 Å². The number of rotatable bonds is 9. The minimum absolute atomic E-state index is 0.0483. The van der Waals surface area contributed by atoms with E-state index in [4.69, 9.17) is 4.43 Å². The fourth-order valence-electron chi connectivity index (χ4n) is 5.54. The van der Waals surface area contributed by atoms with Gasteiger partial charge in [-0.15, -0.1) is 0 Å². The summed E-state index contributed by atoms with van der Waals surface area (Å²) in [5.41, 5.74) is 1.74. The normalized spacial score (nSPS) is 18.4. The molecule has 6 heteroatoms. The molecule has 0 aromatic heterocycles. The van der Waals surface area contributed by atoms with E-state index in [1.165, 1.54) is 0 Å². The molecule has 0 saturated carbocycles. The summed E-state index contributed by atoms with van der Waals surface area (Å²) in [5.74, 6) is 0.152. The van der Waals surface area contributed by atoms with Gasteiger partial charge >= 0.3 is 0 Å². The number of hydrogen-bond donors (Lipinski definition) is 1. The van der Waals surface area contributed by atoms with E-state index in [0.29, 0.717) is 40.2 Å². The largest absolute Gasteiger partial charge is 0.546 e. The Kier molecular flexibility index (Phi) is 7.61. The van der Waals surface area contributed by atoms with E-state index in [0.717, 1.165) is 10.0 Å². The summed E-state index contributed by atoms with van der Waals surface area (Å²) < 4.78 is 7.55. The number of hydrogen-bond acceptors (Lipinski definition) is 3. The third-order valence-corrected chi connectivity index (χ3v) is 13.5. The summed E-state index contributed by atoms with van der Waals surface area (Å²) >= 11 is 3.52. The molecule has 0 bridgehead atoms. The molecule has 1 aliphatic rings. The SMILES string of the molecule is C=C(C[C@]1(O)C(=O)N(Cc2ccccc2)c2cc(Br)ccc21)O[Si](C(C)C)(C(C)C)C(C)C. The summed E-state index contributed by atoms with van der Waals surface area (Å²) in [7, 11) is -2.24. The second-order valence-electron chi connectivity index (χ2n) is 10.0. The molecule has 0 unspecified atom stereocenters. The Morgan fingerprint density at radius 1 is 1.06 bits per heavy atom. The predicted molar refractivity (Wildman–Crippen MR) is 142 cm³/mol. The lowest BCUT2D eigenvalue weighted by Crippen LogP contribution is -2.48. The van der Waals surface area contributed by atoms with Gasteiger partial charge in [0.15, 0.2) is 5.60 Å². The highest BCUT2D eigenvalue weighted by molar-refractivity contribution is 9.10. The van der Waals surface area contributed by atoms with Gasteiger partial charge in [0.25, 0.3) is 14.2 Å². The number of amides is 1. The molecule has 0 aliphatic carbocycles. The van der Waals surface area contributed by atoms with Crippen molar-refractivity contribution in [1.29, 1.82) is 0 Å². The fraction of sp³-hybridized carbons (Fsp3) is 0.444. The van der Waals surface area contributed by atoms with Crippen LogP contribution in [0, 0.1) is 0 Å². The topological polar surface area (TPSA) is 49.8 Å². The Morgan fingerprint density at radius 2 is 1.64 bits per heavy atom. The number of carbonyl (C=O) groups excluding carboxylic acids is 1. The maximum Gasteiger partial charge on any atom is 0.264 e. The monoisotopic (exact) mass is 529 g/mol. The van der Waals surface area contributed by atoms with Gasteiger partial charge < -0.3 is 14.4 Å². The van der Waals surface area contributed by atoms with Gasteiger partial charge in [0.05, 0.1) is 18.0 Å². The maximum atomic E-state index is 13.7. The highest BCUT2D eigenvalue weighted by Crippen LogP contribution is 2.48. The number of benzene rings is 2. The third-order valence-electron chi connectivity index (χ3n) is 6.96. The fourth-order valence-corrected chi connectivity index (χ4v) is 11.2. The van der Waals surface area contributed by atoms with Gasteiger partial charge in [-0.3, -0.25) is 4.79 Å². The average Bonchev–Trinajstić information content (AvgIpc) is 2.93. The van der Waals surface area contributed by atoms with E-state index in [-0.39, 0.29) is 12.3 Å². The molecule has 1 amide bonds. The molecule has 1 N–H and O–H groups in total. The number of halogens is 1. The van der Waals surface area contributed by atoms with E-state index in [1.54, 1.807) is 4.90 Å². The molecule has 2 aromatic carbocycles. The van der Waals surface area contributed by atoms with Crippen molar-refractivity contribution in [3.05, 3.63) is 76.5 Å². The molecule has 0 fully saturated rings. The first kappa shape index (κ1) is 25.7. The highest BCUT2D eigenvalue weighted by Gasteiger charge is 2.52. The van der Waals surface area contributed by atoms with Crippen molar-refractivity contribution in [2.75, 3.05) is 4.90 Å². The van der Waals surface area contributed by atoms with Gasteiger partial charge in [-0.25, -0.2) is 0 Å². The van der Waals surface area contributed by atoms with Crippen LogP contribution < -0.4 is 4.90 Å². The highest BCUT2D eigenvalue weighted by atomic mass is 79.9. The summed E-state index contributed by atoms with van der Waals surface area (Å²) in [6, 6.07) is 15.4. The summed E-state index contributed by atoms with van der Waals surface area (Å²) in [5, 5.41) is 11.8. The summed E-state index contributed by atoms with van der Waals surface area (Å²) in [6.07, 6.45) is 0.0483. The van der Waals surface area contributed by atoms with Crippen LogP contribution in [0.1, 0.15) is 59.1 Å². The van der Waals surface area contributed by atoms with Crippen LogP contribution >= 0.6 is 15.9 Å². The van der Waals surface area contributed by atoms with Crippen molar-refractivity contribution >= 4 is 35.8 Å². The molecule has 2 aromatic rings. The zero-order valence-electron chi connectivity index (χ0n) is 20.6. The molecule has 3 rings (SSSR count). The third kappa shape index (κ3) is 4.70. The van der Waals surface area contributed by atoms with Crippen LogP contribution in [0.5, 0.6) is 0 Å². The van der Waals surface area contributed by atoms with Crippen molar-refractivity contribution < 1.29 is 14.3 Å². The van der Waals surface area contributed by atoms with Gasteiger partial charge in [0.2, 0.25) is 0 Å². The van der Waals surface area contributed by atoms with Crippen molar-refractivity contribution in [3.63, 3.8) is 0 Å². The van der Waals surface area contributed by atoms with Crippen LogP contribution in [-0.2, 0) is 21.4 Å². The molecule has 0 saturated heterocycles. The van der Waals surface area contributed by atoms with Crippen molar-refractivity contribution in [1.82, 2.24) is 0 Å². The van der Waals surface area contributed by atoms with Crippen LogP contribution in [-0.4, -0.2) is 19.3 Å². The first-order valence-electron chi connectivity index (χ1n) is 11.7. The van der Waals surface area contributed by atoms with Crippen LogP contribution in [0.2, 0.25) is 16.6 Å². The Labute approximate surface area is 207 Å². The van der Waals surface area contributed by atoms with Crippen molar-refractivity contribution in [2.24, 2.45) is 0 Å². The molecule has 4 nitrogen and oxygen atoms in total. The van der Waals surface area contributed by atoms with Gasteiger partial charge in [0, 0.05) is 16.5 Å². The molecular formula is C27H36BrNO3Si. The van der Waals surface area contributed by atoms with Crippen LogP contribution in [0.25, 0.3) is 0 Å². The lowest BCUT2D eigenvalue weighted by atomic mass is 9.91. The van der Waals surface area contributed by atoms with E-state index in [2.05, 4.69) is 64.1 Å².